The second kappa shape index (κ2) is 2.16. The van der Waals surface area contributed by atoms with E-state index in [1.54, 1.807) is 0 Å². The van der Waals surface area contributed by atoms with Gasteiger partial charge < -0.3 is 19.0 Å². The third-order valence-corrected chi connectivity index (χ3v) is 1.81. The van der Waals surface area contributed by atoms with Gasteiger partial charge in [-0.25, -0.2) is 4.98 Å². The van der Waals surface area contributed by atoms with E-state index in [0.29, 0.717) is 11.0 Å². The minimum absolute atomic E-state index is 0.171. The molecule has 0 amide bonds. The highest BCUT2D eigenvalue weighted by atomic mass is 16.5. The lowest BCUT2D eigenvalue weighted by Crippen LogP contribution is -1.78. The fourth-order valence-corrected chi connectivity index (χ4v) is 1.26. The predicted octanol–water partition coefficient (Wildman–Crippen LogP) is 1.38. The van der Waals surface area contributed by atoms with Crippen molar-refractivity contribution in [3.05, 3.63) is 12.1 Å². The van der Waals surface area contributed by atoms with Crippen molar-refractivity contribution in [1.29, 1.82) is 0 Å². The number of furan rings is 2. The predicted molar refractivity (Wildman–Crippen MR) is 44.9 cm³/mol. The molecule has 0 aliphatic heterocycles. The fourth-order valence-electron chi connectivity index (χ4n) is 1.26. The average molecular weight is 192 g/mol. The molecular weight excluding hydrogens is 188 g/mol. The first-order valence-electron chi connectivity index (χ1n) is 3.81. The van der Waals surface area contributed by atoms with Crippen LogP contribution in [0.3, 0.4) is 0 Å². The van der Waals surface area contributed by atoms with E-state index in [0.717, 1.165) is 0 Å². The van der Waals surface area contributed by atoms with Gasteiger partial charge in [0.05, 0.1) is 12.1 Å². The van der Waals surface area contributed by atoms with Crippen molar-refractivity contribution >= 4 is 22.5 Å². The Kier molecular flexibility index (Phi) is 1.11. The minimum atomic E-state index is -0.253. The molecule has 6 heteroatoms. The SMILES string of the molecule is Oc1cc2nc3cc(O)oc3nc2o1. The Morgan fingerprint density at radius 3 is 1.86 bits per heavy atom. The monoisotopic (exact) mass is 192 g/mol. The van der Waals surface area contributed by atoms with Crippen LogP contribution >= 0.6 is 0 Å². The van der Waals surface area contributed by atoms with Crippen molar-refractivity contribution in [2.75, 3.05) is 0 Å². The largest absolute Gasteiger partial charge is 0.481 e. The van der Waals surface area contributed by atoms with E-state index in [1.807, 2.05) is 0 Å². The molecule has 6 nitrogen and oxygen atoms in total. The zero-order valence-electron chi connectivity index (χ0n) is 6.76. The summed E-state index contributed by atoms with van der Waals surface area (Å²) in [6.07, 6.45) is 0. The quantitative estimate of drug-likeness (QED) is 0.558. The maximum absolute atomic E-state index is 9.03. The molecule has 0 spiro atoms. The number of hydrogen-bond donors (Lipinski definition) is 2. The molecule has 3 rings (SSSR count). The van der Waals surface area contributed by atoms with Gasteiger partial charge in [-0.1, -0.05) is 0 Å². The molecule has 3 aromatic rings. The Morgan fingerprint density at radius 2 is 1.36 bits per heavy atom. The summed E-state index contributed by atoms with van der Waals surface area (Å²) in [6.45, 7) is 0. The highest BCUT2D eigenvalue weighted by Gasteiger charge is 2.11. The molecule has 0 saturated heterocycles. The zero-order valence-corrected chi connectivity index (χ0v) is 6.76. The van der Waals surface area contributed by atoms with Crippen molar-refractivity contribution < 1.29 is 19.0 Å². The molecule has 14 heavy (non-hydrogen) atoms. The molecule has 0 aliphatic carbocycles. The number of hydrogen-bond acceptors (Lipinski definition) is 6. The topological polar surface area (TPSA) is 92.5 Å². The lowest BCUT2D eigenvalue weighted by atomic mass is 10.4. The summed E-state index contributed by atoms with van der Waals surface area (Å²) in [5, 5.41) is 18.1. The maximum Gasteiger partial charge on any atom is 0.286 e. The van der Waals surface area contributed by atoms with Crippen LogP contribution in [0.4, 0.5) is 0 Å². The Hall–Kier alpha value is -2.24. The molecule has 0 unspecified atom stereocenters. The fraction of sp³-hybridized carbons (Fsp3) is 0. The van der Waals surface area contributed by atoms with Gasteiger partial charge in [0, 0.05) is 0 Å². The lowest BCUT2D eigenvalue weighted by molar-refractivity contribution is 0.340. The van der Waals surface area contributed by atoms with Crippen LogP contribution in [-0.4, -0.2) is 20.2 Å². The number of rotatable bonds is 0. The van der Waals surface area contributed by atoms with Crippen molar-refractivity contribution in [2.24, 2.45) is 0 Å². The van der Waals surface area contributed by atoms with Crippen LogP contribution in [0.5, 0.6) is 11.9 Å². The van der Waals surface area contributed by atoms with Crippen molar-refractivity contribution in [3.63, 3.8) is 0 Å². The highest BCUT2D eigenvalue weighted by Crippen LogP contribution is 2.26. The first-order valence-corrected chi connectivity index (χ1v) is 3.81. The van der Waals surface area contributed by atoms with E-state index in [-0.39, 0.29) is 23.3 Å². The minimum Gasteiger partial charge on any atom is -0.481 e. The van der Waals surface area contributed by atoms with E-state index >= 15 is 0 Å². The third kappa shape index (κ3) is 0.846. The number of aromatic hydroxyl groups is 2. The van der Waals surface area contributed by atoms with Gasteiger partial charge in [0.15, 0.2) is 0 Å². The Labute approximate surface area is 76.4 Å². The molecule has 0 saturated carbocycles. The summed E-state index contributed by atoms with van der Waals surface area (Å²) >= 11 is 0. The number of nitrogens with zero attached hydrogens (tertiary/aromatic N) is 2. The van der Waals surface area contributed by atoms with Gasteiger partial charge in [0.25, 0.3) is 23.3 Å². The van der Waals surface area contributed by atoms with E-state index in [1.165, 1.54) is 12.1 Å². The zero-order chi connectivity index (χ0) is 9.71. The molecule has 2 N–H and O–H groups in total. The average Bonchev–Trinajstić information content (AvgIpc) is 2.59. The van der Waals surface area contributed by atoms with Gasteiger partial charge in [-0.2, -0.15) is 4.98 Å². The molecule has 0 aromatic carbocycles. The second-order valence-electron chi connectivity index (χ2n) is 2.77. The lowest BCUT2D eigenvalue weighted by Gasteiger charge is -1.85. The number of fused-ring (bicyclic) bond motifs is 2. The van der Waals surface area contributed by atoms with Gasteiger partial charge in [-0.15, -0.1) is 0 Å². The summed E-state index contributed by atoms with van der Waals surface area (Å²) in [5.74, 6) is -0.506. The summed E-state index contributed by atoms with van der Waals surface area (Å²) < 4.78 is 9.65. The van der Waals surface area contributed by atoms with Crippen molar-refractivity contribution in [3.8, 4) is 11.9 Å². The summed E-state index contributed by atoms with van der Waals surface area (Å²) in [5.41, 5.74) is 1.17. The van der Waals surface area contributed by atoms with Crippen LogP contribution in [0, 0.1) is 0 Å². The van der Waals surface area contributed by atoms with Crippen LogP contribution in [0.1, 0.15) is 0 Å². The molecular formula is C8H4N2O4. The summed E-state index contributed by atoms with van der Waals surface area (Å²) in [4.78, 5) is 7.95. The van der Waals surface area contributed by atoms with Crippen LogP contribution in [-0.2, 0) is 0 Å². The van der Waals surface area contributed by atoms with E-state index in [2.05, 4.69) is 9.97 Å². The van der Waals surface area contributed by atoms with Gasteiger partial charge in [0.1, 0.15) is 11.0 Å². The van der Waals surface area contributed by atoms with E-state index in [9.17, 15) is 0 Å². The maximum atomic E-state index is 9.03. The highest BCUT2D eigenvalue weighted by molar-refractivity contribution is 5.81. The van der Waals surface area contributed by atoms with E-state index in [4.69, 9.17) is 19.0 Å². The van der Waals surface area contributed by atoms with Gasteiger partial charge in [-0.3, -0.25) is 0 Å². The van der Waals surface area contributed by atoms with Gasteiger partial charge in [0.2, 0.25) is 0 Å². The molecule has 3 aromatic heterocycles. The molecule has 3 heterocycles. The summed E-state index contributed by atoms with van der Waals surface area (Å²) in [6, 6.07) is 2.68. The Morgan fingerprint density at radius 1 is 0.857 bits per heavy atom. The molecule has 0 bridgehead atoms. The number of aromatic nitrogens is 2. The first kappa shape index (κ1) is 7.19. The first-order chi connectivity index (χ1) is 6.72. The molecule has 70 valence electrons. The Balaban J connectivity index is 2.49. The molecule has 0 fully saturated rings. The van der Waals surface area contributed by atoms with Crippen LogP contribution in [0.15, 0.2) is 21.0 Å². The van der Waals surface area contributed by atoms with Crippen LogP contribution < -0.4 is 0 Å². The van der Waals surface area contributed by atoms with Crippen LogP contribution in [0.25, 0.3) is 22.5 Å². The van der Waals surface area contributed by atoms with Crippen molar-refractivity contribution in [1.82, 2.24) is 9.97 Å². The van der Waals surface area contributed by atoms with Gasteiger partial charge in [-0.05, 0) is 0 Å². The normalized spacial score (nSPS) is 11.4. The molecule has 0 atom stereocenters. The van der Waals surface area contributed by atoms with Crippen LogP contribution in [0.2, 0.25) is 0 Å². The molecule has 0 aliphatic rings. The summed E-state index contributed by atoms with van der Waals surface area (Å²) in [7, 11) is 0. The third-order valence-electron chi connectivity index (χ3n) is 1.81. The standard InChI is InChI=1S/C8H4N2O4/c11-5-1-3-7(13-5)10-8-4(9-3)2-6(12)14-8/h1-2,11-12H. The van der Waals surface area contributed by atoms with Crippen molar-refractivity contribution in [2.45, 2.75) is 0 Å². The second-order valence-corrected chi connectivity index (χ2v) is 2.77. The Bertz CT molecular complexity index is 522. The van der Waals surface area contributed by atoms with E-state index < -0.39 is 0 Å². The van der Waals surface area contributed by atoms with Gasteiger partial charge >= 0.3 is 0 Å². The molecule has 0 radical (unpaired) electrons. The smallest absolute Gasteiger partial charge is 0.286 e.